The molecule has 20 heavy (non-hydrogen) atoms. The first-order valence-electron chi connectivity index (χ1n) is 6.17. The minimum Gasteiger partial charge on any atom is -0.477 e. The number of aromatic nitrogens is 1. The minimum atomic E-state index is -0.229. The quantitative estimate of drug-likeness (QED) is 0.623. The van der Waals surface area contributed by atoms with Crippen LogP contribution in [0.4, 0.5) is 0 Å². The molecule has 2 amide bonds. The van der Waals surface area contributed by atoms with Gasteiger partial charge in [-0.3, -0.25) is 14.5 Å². The predicted molar refractivity (Wildman–Crippen MR) is 72.9 cm³/mol. The van der Waals surface area contributed by atoms with Crippen LogP contribution >= 0.6 is 11.3 Å². The van der Waals surface area contributed by atoms with E-state index in [0.29, 0.717) is 36.6 Å². The van der Waals surface area contributed by atoms with E-state index in [0.717, 1.165) is 0 Å². The van der Waals surface area contributed by atoms with Crippen LogP contribution in [0.15, 0.2) is 29.6 Å². The summed E-state index contributed by atoms with van der Waals surface area (Å²) in [7, 11) is 0. The third kappa shape index (κ3) is 2.30. The number of hydrogen-bond acceptors (Lipinski definition) is 5. The summed E-state index contributed by atoms with van der Waals surface area (Å²) >= 11 is 1.34. The van der Waals surface area contributed by atoms with E-state index in [1.165, 1.54) is 16.2 Å². The lowest BCUT2D eigenvalue weighted by atomic mass is 10.1. The van der Waals surface area contributed by atoms with Crippen LogP contribution in [0.25, 0.3) is 0 Å². The summed E-state index contributed by atoms with van der Waals surface area (Å²) in [6.45, 7) is 0.755. The van der Waals surface area contributed by atoms with E-state index < -0.39 is 0 Å². The lowest BCUT2D eigenvalue weighted by Crippen LogP contribution is -2.31. The van der Waals surface area contributed by atoms with E-state index in [1.807, 2.05) is 0 Å². The van der Waals surface area contributed by atoms with Crippen molar-refractivity contribution >= 4 is 23.2 Å². The lowest BCUT2D eigenvalue weighted by molar-refractivity contribution is 0.0646. The van der Waals surface area contributed by atoms with Crippen molar-refractivity contribution in [3.8, 4) is 5.88 Å². The zero-order valence-electron chi connectivity index (χ0n) is 10.5. The highest BCUT2D eigenvalue weighted by atomic mass is 32.1. The molecule has 1 radical (unpaired) electrons. The first-order chi connectivity index (χ1) is 9.77. The Morgan fingerprint density at radius 3 is 2.50 bits per heavy atom. The van der Waals surface area contributed by atoms with E-state index in [2.05, 4.69) is 10.5 Å². The largest absolute Gasteiger partial charge is 0.477 e. The van der Waals surface area contributed by atoms with Crippen molar-refractivity contribution in [1.82, 2.24) is 9.88 Å². The van der Waals surface area contributed by atoms with Crippen molar-refractivity contribution in [2.24, 2.45) is 0 Å². The fraction of sp³-hybridized carbons (Fsp3) is 0.214. The van der Waals surface area contributed by atoms with Gasteiger partial charge >= 0.3 is 0 Å². The van der Waals surface area contributed by atoms with Gasteiger partial charge in [0.15, 0.2) is 5.51 Å². The molecular weight excluding hydrogens is 276 g/mol. The van der Waals surface area contributed by atoms with Crippen LogP contribution in [0.3, 0.4) is 0 Å². The van der Waals surface area contributed by atoms with Crippen LogP contribution < -0.4 is 4.74 Å². The van der Waals surface area contributed by atoms with Gasteiger partial charge in [0.1, 0.15) is 0 Å². The van der Waals surface area contributed by atoms with Gasteiger partial charge < -0.3 is 4.74 Å². The molecule has 1 aliphatic rings. The highest BCUT2D eigenvalue weighted by molar-refractivity contribution is 7.07. The topological polar surface area (TPSA) is 59.5 Å². The van der Waals surface area contributed by atoms with Crippen molar-refractivity contribution < 1.29 is 14.3 Å². The van der Waals surface area contributed by atoms with Crippen LogP contribution in [0.5, 0.6) is 5.88 Å². The Hall–Kier alpha value is -2.21. The zero-order valence-corrected chi connectivity index (χ0v) is 11.4. The third-order valence-electron chi connectivity index (χ3n) is 3.02. The normalized spacial score (nSPS) is 13.7. The number of fused-ring (bicyclic) bond motifs is 1. The molecule has 101 valence electrons. The smallest absolute Gasteiger partial charge is 0.261 e. The molecule has 6 heteroatoms. The van der Waals surface area contributed by atoms with Gasteiger partial charge in [0, 0.05) is 6.54 Å². The second-order valence-corrected chi connectivity index (χ2v) is 4.94. The Bertz CT molecular complexity index is 605. The Morgan fingerprint density at radius 2 is 1.90 bits per heavy atom. The summed E-state index contributed by atoms with van der Waals surface area (Å²) < 4.78 is 5.37. The maximum atomic E-state index is 12.1. The molecule has 0 atom stereocenters. The summed E-state index contributed by atoms with van der Waals surface area (Å²) in [5, 5.41) is 1.75. The summed E-state index contributed by atoms with van der Waals surface area (Å²) in [5.74, 6) is 0.0672. The third-order valence-corrected chi connectivity index (χ3v) is 3.54. The van der Waals surface area contributed by atoms with Gasteiger partial charge in [-0.1, -0.05) is 12.1 Å². The van der Waals surface area contributed by atoms with Crippen LogP contribution in [0.1, 0.15) is 27.1 Å². The molecule has 0 aliphatic carbocycles. The maximum absolute atomic E-state index is 12.1. The van der Waals surface area contributed by atoms with Gasteiger partial charge in [0.05, 0.1) is 23.1 Å². The number of amides is 2. The predicted octanol–water partition coefficient (Wildman–Crippen LogP) is 2.01. The summed E-state index contributed by atoms with van der Waals surface area (Å²) in [4.78, 5) is 29.3. The number of carbonyl (C=O) groups excluding carboxylic acids is 2. The van der Waals surface area contributed by atoms with E-state index in [1.54, 1.807) is 29.6 Å². The number of ether oxygens (including phenoxy) is 1. The number of benzene rings is 1. The highest BCUT2D eigenvalue weighted by Gasteiger charge is 2.34. The van der Waals surface area contributed by atoms with Crippen molar-refractivity contribution in [2.75, 3.05) is 13.2 Å². The number of thiazole rings is 1. The molecule has 3 rings (SSSR count). The monoisotopic (exact) mass is 287 g/mol. The van der Waals surface area contributed by atoms with E-state index >= 15 is 0 Å². The van der Waals surface area contributed by atoms with Crippen LogP contribution in [0.2, 0.25) is 0 Å². The van der Waals surface area contributed by atoms with E-state index in [4.69, 9.17) is 4.74 Å². The van der Waals surface area contributed by atoms with Gasteiger partial charge in [-0.15, -0.1) is 11.3 Å². The molecule has 0 N–H and O–H groups in total. The molecule has 0 unspecified atom stereocenters. The first-order valence-corrected chi connectivity index (χ1v) is 7.05. The maximum Gasteiger partial charge on any atom is 0.261 e. The van der Waals surface area contributed by atoms with Gasteiger partial charge in [-0.25, -0.2) is 0 Å². The Labute approximate surface area is 119 Å². The number of rotatable bonds is 5. The molecule has 2 aromatic rings. The highest BCUT2D eigenvalue weighted by Crippen LogP contribution is 2.22. The standard InChI is InChI=1S/C14H11N2O3S/c17-13-10-4-1-2-5-11(10)14(18)16(13)6-3-7-19-12-8-20-9-15-12/h1-2,4-5,8H,3,6-7H2. The van der Waals surface area contributed by atoms with Gasteiger partial charge in [0.25, 0.3) is 11.8 Å². The zero-order chi connectivity index (χ0) is 13.9. The number of carbonyl (C=O) groups is 2. The van der Waals surface area contributed by atoms with Crippen LogP contribution in [0, 0.1) is 5.51 Å². The lowest BCUT2D eigenvalue weighted by Gasteiger charge is -2.13. The van der Waals surface area contributed by atoms with Crippen molar-refractivity contribution in [1.29, 1.82) is 0 Å². The molecule has 0 fully saturated rings. The van der Waals surface area contributed by atoms with E-state index in [-0.39, 0.29) is 11.8 Å². The van der Waals surface area contributed by atoms with Crippen molar-refractivity contribution in [3.05, 3.63) is 46.3 Å². The number of nitrogens with zero attached hydrogens (tertiary/aromatic N) is 2. The fourth-order valence-corrected chi connectivity index (χ4v) is 2.50. The molecule has 1 aromatic heterocycles. The van der Waals surface area contributed by atoms with Crippen LogP contribution in [-0.4, -0.2) is 34.8 Å². The second kappa shape index (κ2) is 5.42. The molecule has 0 saturated heterocycles. The summed E-state index contributed by atoms with van der Waals surface area (Å²) in [6.07, 6.45) is 0.572. The summed E-state index contributed by atoms with van der Waals surface area (Å²) in [6, 6.07) is 6.87. The molecule has 0 bridgehead atoms. The Morgan fingerprint density at radius 1 is 1.20 bits per heavy atom. The molecule has 1 aromatic carbocycles. The first kappa shape index (κ1) is 12.8. The van der Waals surface area contributed by atoms with Crippen LogP contribution in [-0.2, 0) is 0 Å². The number of hydrogen-bond donors (Lipinski definition) is 0. The second-order valence-electron chi connectivity index (χ2n) is 4.29. The average molecular weight is 287 g/mol. The van der Waals surface area contributed by atoms with Gasteiger partial charge in [0.2, 0.25) is 5.88 Å². The minimum absolute atomic E-state index is 0.229. The van der Waals surface area contributed by atoms with Crippen molar-refractivity contribution in [3.63, 3.8) is 0 Å². The molecular formula is C14H11N2O3S. The average Bonchev–Trinajstić information content (AvgIpc) is 3.06. The number of imide groups is 1. The van der Waals surface area contributed by atoms with E-state index in [9.17, 15) is 9.59 Å². The molecule has 2 heterocycles. The molecule has 0 saturated carbocycles. The molecule has 5 nitrogen and oxygen atoms in total. The van der Waals surface area contributed by atoms with Gasteiger partial charge in [-0.05, 0) is 18.6 Å². The SMILES string of the molecule is O=C1c2ccccc2C(=O)N1CCCOc1cs[c]n1. The molecule has 1 aliphatic heterocycles. The van der Waals surface area contributed by atoms with Gasteiger partial charge in [-0.2, -0.15) is 4.98 Å². The summed E-state index contributed by atoms with van der Waals surface area (Å²) in [5.41, 5.74) is 3.64. The molecule has 0 spiro atoms. The fourth-order valence-electron chi connectivity index (χ4n) is 2.08. The Kier molecular flexibility index (Phi) is 3.47. The van der Waals surface area contributed by atoms with Crippen molar-refractivity contribution in [2.45, 2.75) is 6.42 Å². The Balaban J connectivity index is 1.57.